The predicted molar refractivity (Wildman–Crippen MR) is 285 cm³/mol. The number of hydrogen-bond donors (Lipinski definition) is 0. The van der Waals surface area contributed by atoms with Crippen molar-refractivity contribution >= 4 is 21.8 Å². The van der Waals surface area contributed by atoms with Crippen LogP contribution in [0.25, 0.3) is 122 Å². The van der Waals surface area contributed by atoms with Gasteiger partial charge in [0.25, 0.3) is 0 Å². The highest BCUT2D eigenvalue weighted by molar-refractivity contribution is 6.30. The first-order valence-electron chi connectivity index (χ1n) is 23.2. The van der Waals surface area contributed by atoms with Gasteiger partial charge in [-0.1, -0.05) is 243 Å². The number of nitrogens with zero attached hydrogens (tertiary/aromatic N) is 3. The molecule has 0 atom stereocenters. The summed E-state index contributed by atoms with van der Waals surface area (Å²) in [5.41, 5.74) is 20.5. The zero-order chi connectivity index (χ0) is 45.4. The molecule has 320 valence electrons. The topological polar surface area (TPSA) is 30.7 Å². The smallest absolute Gasteiger partial charge is 0.141 e. The zero-order valence-electron chi connectivity index (χ0n) is 37.6. The minimum absolute atomic E-state index is 0.854. The summed E-state index contributed by atoms with van der Waals surface area (Å²) in [6.45, 7) is 0. The Balaban J connectivity index is 1.49. The maximum Gasteiger partial charge on any atom is 0.141 e. The van der Waals surface area contributed by atoms with Crippen molar-refractivity contribution in [3.05, 3.63) is 255 Å². The Hall–Kier alpha value is -8.92. The van der Waals surface area contributed by atoms with E-state index in [1.54, 1.807) is 0 Å². The molecule has 10 aromatic carbocycles. The van der Waals surface area contributed by atoms with Crippen LogP contribution in [0, 0.1) is 0 Å². The molecule has 0 aliphatic carbocycles. The third-order valence-corrected chi connectivity index (χ3v) is 13.2. The average molecular weight is 868 g/mol. The Bertz CT molecular complexity index is 3500. The normalized spacial score (nSPS) is 11.3. The molecule has 0 saturated heterocycles. The van der Waals surface area contributed by atoms with E-state index in [1.807, 2.05) is 6.20 Å². The minimum atomic E-state index is 0.854. The van der Waals surface area contributed by atoms with Gasteiger partial charge in [0.2, 0.25) is 0 Å². The van der Waals surface area contributed by atoms with Crippen LogP contribution in [0.15, 0.2) is 255 Å². The van der Waals surface area contributed by atoms with Gasteiger partial charge in [0, 0.05) is 69.2 Å². The van der Waals surface area contributed by atoms with Crippen molar-refractivity contribution in [2.24, 2.45) is 7.05 Å². The van der Waals surface area contributed by atoms with Gasteiger partial charge in [0.1, 0.15) is 5.82 Å². The van der Waals surface area contributed by atoms with Gasteiger partial charge in [-0.05, 0) is 55.6 Å². The fraction of sp³-hybridized carbons (Fsp3) is 0.0154. The summed E-state index contributed by atoms with van der Waals surface area (Å²) < 4.78 is 2.18. The van der Waals surface area contributed by atoms with Crippen LogP contribution in [0.4, 0.5) is 0 Å². The van der Waals surface area contributed by atoms with E-state index in [1.165, 1.54) is 0 Å². The van der Waals surface area contributed by atoms with E-state index in [0.717, 1.165) is 122 Å². The van der Waals surface area contributed by atoms with E-state index >= 15 is 0 Å². The first-order valence-corrected chi connectivity index (χ1v) is 23.2. The maximum atomic E-state index is 6.31. The average Bonchev–Trinajstić information content (AvgIpc) is 3.85. The lowest BCUT2D eigenvalue weighted by Crippen LogP contribution is -2.06. The Labute approximate surface area is 397 Å². The van der Waals surface area contributed by atoms with Gasteiger partial charge in [0.15, 0.2) is 0 Å². The first kappa shape index (κ1) is 40.6. The molecule has 3 heteroatoms. The number of hydrogen-bond acceptors (Lipinski definition) is 2. The highest BCUT2D eigenvalue weighted by atomic mass is 15.0. The molecule has 3 nitrogen and oxygen atoms in total. The monoisotopic (exact) mass is 867 g/mol. The molecule has 0 unspecified atom stereocenters. The Morgan fingerprint density at radius 2 is 0.500 bits per heavy atom. The number of rotatable bonds is 9. The maximum absolute atomic E-state index is 6.31. The van der Waals surface area contributed by atoms with Crippen molar-refractivity contribution in [1.29, 1.82) is 0 Å². The second-order valence-electron chi connectivity index (χ2n) is 17.2. The Kier molecular flexibility index (Phi) is 10.4. The molecule has 0 saturated carbocycles. The predicted octanol–water partition coefficient (Wildman–Crippen LogP) is 17.1. The lowest BCUT2D eigenvalue weighted by atomic mass is 9.76. The lowest BCUT2D eigenvalue weighted by Gasteiger charge is -2.29. The van der Waals surface area contributed by atoms with Crippen LogP contribution in [0.1, 0.15) is 0 Å². The van der Waals surface area contributed by atoms with E-state index < -0.39 is 0 Å². The van der Waals surface area contributed by atoms with Crippen molar-refractivity contribution in [2.45, 2.75) is 0 Å². The van der Waals surface area contributed by atoms with Crippen LogP contribution in [0.5, 0.6) is 0 Å². The van der Waals surface area contributed by atoms with Gasteiger partial charge < -0.3 is 4.57 Å². The quantitative estimate of drug-likeness (QED) is 0.135. The summed E-state index contributed by atoms with van der Waals surface area (Å²) in [5, 5.41) is 2.08. The van der Waals surface area contributed by atoms with E-state index in [4.69, 9.17) is 9.97 Å². The van der Waals surface area contributed by atoms with E-state index in [9.17, 15) is 0 Å². The second-order valence-corrected chi connectivity index (χ2v) is 17.2. The fourth-order valence-corrected chi connectivity index (χ4v) is 10.4. The highest BCUT2D eigenvalue weighted by Gasteiger charge is 2.33. The number of fused-ring (bicyclic) bond motifs is 2. The van der Waals surface area contributed by atoms with Crippen LogP contribution >= 0.6 is 0 Å². The molecular formula is C65H45N3. The van der Waals surface area contributed by atoms with Crippen molar-refractivity contribution < 1.29 is 0 Å². The number of pyridine rings is 1. The molecule has 0 aliphatic rings. The third kappa shape index (κ3) is 6.92. The van der Waals surface area contributed by atoms with Crippen LogP contribution < -0.4 is 0 Å². The molecule has 0 aliphatic heterocycles. The Morgan fingerprint density at radius 3 is 0.750 bits per heavy atom. The van der Waals surface area contributed by atoms with E-state index in [2.05, 4.69) is 260 Å². The molecule has 2 heterocycles. The van der Waals surface area contributed by atoms with Crippen LogP contribution in [-0.2, 0) is 7.05 Å². The molecule has 0 bridgehead atoms. The van der Waals surface area contributed by atoms with Crippen molar-refractivity contribution in [2.75, 3.05) is 0 Å². The molecule has 0 amide bonds. The van der Waals surface area contributed by atoms with E-state index in [-0.39, 0.29) is 0 Å². The first-order chi connectivity index (χ1) is 33.7. The van der Waals surface area contributed by atoms with Gasteiger partial charge in [0.05, 0.1) is 11.0 Å². The number of aromatic nitrogens is 3. The number of aryl methyl sites for hydroxylation is 1. The molecule has 0 radical (unpaired) electrons. The SMILES string of the molecule is Cn1ccnc1-c1c2c(-c3ccccc3)c(-c3ccccc3)c(-c3ccccc3)c(-c3ccccc3)c2nc2c(-c3ccccc3)c(-c3ccccc3)c(-c3ccccc3)c(-c3ccccc3)c12. The molecule has 0 fully saturated rings. The second kappa shape index (κ2) is 17.5. The molecule has 12 rings (SSSR count). The van der Waals surface area contributed by atoms with Crippen molar-refractivity contribution in [3.8, 4) is 100 Å². The van der Waals surface area contributed by atoms with Crippen molar-refractivity contribution in [1.82, 2.24) is 14.5 Å². The van der Waals surface area contributed by atoms with Gasteiger partial charge in [-0.25, -0.2) is 9.97 Å². The number of benzene rings is 10. The summed E-state index contributed by atoms with van der Waals surface area (Å²) in [7, 11) is 2.12. The third-order valence-electron chi connectivity index (χ3n) is 13.2. The van der Waals surface area contributed by atoms with Gasteiger partial charge in [-0.3, -0.25) is 0 Å². The molecule has 68 heavy (non-hydrogen) atoms. The summed E-state index contributed by atoms with van der Waals surface area (Å²) in [6, 6.07) is 87.2. The highest BCUT2D eigenvalue weighted by Crippen LogP contribution is 2.58. The summed E-state index contributed by atoms with van der Waals surface area (Å²) in [5.74, 6) is 0.854. The fourth-order valence-electron chi connectivity index (χ4n) is 10.4. The van der Waals surface area contributed by atoms with Crippen LogP contribution in [0.3, 0.4) is 0 Å². The summed E-state index contributed by atoms with van der Waals surface area (Å²) in [4.78, 5) is 11.7. The van der Waals surface area contributed by atoms with Crippen LogP contribution in [-0.4, -0.2) is 14.5 Å². The van der Waals surface area contributed by atoms with Gasteiger partial charge in [-0.15, -0.1) is 0 Å². The largest absolute Gasteiger partial charge is 0.334 e. The van der Waals surface area contributed by atoms with Gasteiger partial charge in [-0.2, -0.15) is 0 Å². The molecule has 0 spiro atoms. The minimum Gasteiger partial charge on any atom is -0.334 e. The summed E-state index contributed by atoms with van der Waals surface area (Å²) >= 11 is 0. The van der Waals surface area contributed by atoms with Crippen molar-refractivity contribution in [3.63, 3.8) is 0 Å². The van der Waals surface area contributed by atoms with E-state index in [0.29, 0.717) is 0 Å². The molecular weight excluding hydrogens is 823 g/mol. The summed E-state index contributed by atoms with van der Waals surface area (Å²) in [6.07, 6.45) is 4.00. The lowest BCUT2D eigenvalue weighted by molar-refractivity contribution is 0.927. The standard InChI is InChI=1S/C65H45N3/c1-68-43-42-66-65(68)62-60-56(48-34-18-6-19-35-48)52(44-26-10-2-11-27-44)54(46-30-14-4-15-31-46)58(50-38-22-8-23-39-50)63(60)67-64-59(51-40-24-9-25-41-51)55(47-32-16-5-17-33-47)53(45-28-12-3-13-29-45)57(61(62)64)49-36-20-7-21-37-49/h2-43H,1H3. The Morgan fingerprint density at radius 1 is 0.265 bits per heavy atom. The molecule has 0 N–H and O–H groups in total. The molecule has 12 aromatic rings. The zero-order valence-corrected chi connectivity index (χ0v) is 37.6. The molecule has 2 aromatic heterocycles. The van der Waals surface area contributed by atoms with Gasteiger partial charge >= 0.3 is 0 Å². The van der Waals surface area contributed by atoms with Crippen LogP contribution in [0.2, 0.25) is 0 Å². The number of imidazole rings is 1.